The summed E-state index contributed by atoms with van der Waals surface area (Å²) in [5, 5.41) is 6.46. The van der Waals surface area contributed by atoms with Crippen LogP contribution in [-0.2, 0) is 11.2 Å². The summed E-state index contributed by atoms with van der Waals surface area (Å²) >= 11 is 6.15. The largest absolute Gasteiger partial charge is 0.476 e. The first-order valence-electron chi connectivity index (χ1n) is 12.1. The van der Waals surface area contributed by atoms with Crippen molar-refractivity contribution in [2.75, 3.05) is 18.4 Å². The molecule has 2 N–H and O–H groups in total. The molecule has 4 heterocycles. The Morgan fingerprint density at radius 1 is 1.22 bits per heavy atom. The monoisotopic (exact) mass is 509 g/mol. The van der Waals surface area contributed by atoms with Gasteiger partial charge in [0.2, 0.25) is 0 Å². The zero-order chi connectivity index (χ0) is 25.6. The van der Waals surface area contributed by atoms with Gasteiger partial charge in [0.05, 0.1) is 16.4 Å². The molecule has 3 aromatic rings. The van der Waals surface area contributed by atoms with Gasteiger partial charge in [0.25, 0.3) is 17.7 Å². The molecule has 188 valence electrons. The fourth-order valence-electron chi connectivity index (χ4n) is 4.65. The van der Waals surface area contributed by atoms with Crippen LogP contribution in [0.5, 0.6) is 5.75 Å². The number of carbonyl (C=O) groups excluding carboxylic acids is 3. The lowest BCUT2D eigenvalue weighted by atomic mass is 10.0. The van der Waals surface area contributed by atoms with Gasteiger partial charge >= 0.3 is 0 Å². The van der Waals surface area contributed by atoms with Crippen LogP contribution in [-0.4, -0.2) is 56.7 Å². The molecular formula is C26H28ClN5O4. The summed E-state index contributed by atoms with van der Waals surface area (Å²) in [7, 11) is 0. The first-order valence-corrected chi connectivity index (χ1v) is 12.4. The van der Waals surface area contributed by atoms with Gasteiger partial charge in [0.15, 0.2) is 5.60 Å². The van der Waals surface area contributed by atoms with E-state index in [4.69, 9.17) is 16.3 Å². The zero-order valence-corrected chi connectivity index (χ0v) is 21.2. The molecule has 1 aromatic carbocycles. The average molecular weight is 510 g/mol. The number of ether oxygens (including phenoxy) is 1. The molecule has 2 aliphatic rings. The van der Waals surface area contributed by atoms with E-state index in [0.717, 1.165) is 5.69 Å². The van der Waals surface area contributed by atoms with E-state index in [1.54, 1.807) is 59.7 Å². The molecule has 0 saturated carbocycles. The molecule has 2 aliphatic heterocycles. The number of anilines is 1. The highest BCUT2D eigenvalue weighted by molar-refractivity contribution is 6.30. The molecule has 1 fully saturated rings. The summed E-state index contributed by atoms with van der Waals surface area (Å²) in [6.45, 7) is 6.37. The third kappa shape index (κ3) is 4.39. The predicted octanol–water partition coefficient (Wildman–Crippen LogP) is 3.69. The number of aryl methyl sites for hydroxylation is 1. The lowest BCUT2D eigenvalue weighted by molar-refractivity contribution is -0.129. The average Bonchev–Trinajstić information content (AvgIpc) is 3.22. The number of rotatable bonds is 4. The molecule has 0 spiro atoms. The maximum absolute atomic E-state index is 13.2. The van der Waals surface area contributed by atoms with Crippen LogP contribution in [0.25, 0.3) is 5.65 Å². The molecule has 9 nitrogen and oxygen atoms in total. The van der Waals surface area contributed by atoms with Gasteiger partial charge in [-0.15, -0.1) is 0 Å². The predicted molar refractivity (Wildman–Crippen MR) is 136 cm³/mol. The van der Waals surface area contributed by atoms with Gasteiger partial charge in [-0.05, 0) is 63.4 Å². The third-order valence-electron chi connectivity index (χ3n) is 6.71. The second-order valence-electron chi connectivity index (χ2n) is 9.65. The number of fused-ring (bicyclic) bond motifs is 2. The number of nitrogens with one attached hydrogen (secondary N) is 2. The Kier molecular flexibility index (Phi) is 6.12. The van der Waals surface area contributed by atoms with Crippen molar-refractivity contribution in [3.63, 3.8) is 0 Å². The Morgan fingerprint density at radius 2 is 1.97 bits per heavy atom. The number of piperidine rings is 1. The van der Waals surface area contributed by atoms with Crippen LogP contribution in [0.2, 0.25) is 5.02 Å². The van der Waals surface area contributed by atoms with E-state index in [9.17, 15) is 14.4 Å². The molecule has 0 radical (unpaired) electrons. The first kappa shape index (κ1) is 24.1. The van der Waals surface area contributed by atoms with Crippen molar-refractivity contribution in [3.05, 3.63) is 58.5 Å². The number of carbonyl (C=O) groups is 3. The fourth-order valence-corrected chi connectivity index (χ4v) is 4.82. The molecular weight excluding hydrogens is 482 g/mol. The Bertz CT molecular complexity index is 1370. The van der Waals surface area contributed by atoms with E-state index in [1.165, 1.54) is 0 Å². The zero-order valence-electron chi connectivity index (χ0n) is 20.4. The van der Waals surface area contributed by atoms with E-state index >= 15 is 0 Å². The molecule has 0 bridgehead atoms. The van der Waals surface area contributed by atoms with Crippen LogP contribution in [0.4, 0.5) is 5.69 Å². The third-order valence-corrected chi connectivity index (χ3v) is 6.93. The fraction of sp³-hybridized carbons (Fsp3) is 0.385. The van der Waals surface area contributed by atoms with Gasteiger partial charge in [-0.3, -0.25) is 18.8 Å². The SMILES string of the molecule is CCc1nc2ccc(Cl)cn2c1C(=O)NC1CCN(C(=O)c2ccc3c(c2)OC(C)(C)C(=O)N3)CC1. The van der Waals surface area contributed by atoms with Crippen molar-refractivity contribution in [1.82, 2.24) is 19.6 Å². The van der Waals surface area contributed by atoms with Crippen LogP contribution >= 0.6 is 11.6 Å². The van der Waals surface area contributed by atoms with Gasteiger partial charge in [0.1, 0.15) is 17.1 Å². The minimum absolute atomic E-state index is 0.0566. The molecule has 1 saturated heterocycles. The Labute approximate surface area is 213 Å². The summed E-state index contributed by atoms with van der Waals surface area (Å²) in [6.07, 6.45) is 3.61. The molecule has 2 aromatic heterocycles. The second kappa shape index (κ2) is 9.13. The van der Waals surface area contributed by atoms with E-state index in [2.05, 4.69) is 15.6 Å². The smallest absolute Gasteiger partial charge is 0.270 e. The van der Waals surface area contributed by atoms with Gasteiger partial charge < -0.3 is 20.3 Å². The molecule has 5 rings (SSSR count). The van der Waals surface area contributed by atoms with Crippen molar-refractivity contribution in [3.8, 4) is 5.75 Å². The number of amides is 3. The van der Waals surface area contributed by atoms with Crippen molar-refractivity contribution in [2.24, 2.45) is 0 Å². The summed E-state index contributed by atoms with van der Waals surface area (Å²) in [5.74, 6) is -0.0442. The van der Waals surface area contributed by atoms with Gasteiger partial charge in [-0.25, -0.2) is 4.98 Å². The molecule has 0 aliphatic carbocycles. The first-order chi connectivity index (χ1) is 17.2. The number of imidazole rings is 1. The molecule has 3 amide bonds. The quantitative estimate of drug-likeness (QED) is 0.558. The number of hydrogen-bond acceptors (Lipinski definition) is 5. The second-order valence-corrected chi connectivity index (χ2v) is 10.1. The van der Waals surface area contributed by atoms with Crippen molar-refractivity contribution in [1.29, 1.82) is 0 Å². The number of aromatic nitrogens is 2. The van der Waals surface area contributed by atoms with Crippen molar-refractivity contribution < 1.29 is 19.1 Å². The normalized spacial score (nSPS) is 17.3. The number of hydrogen-bond donors (Lipinski definition) is 2. The Balaban J connectivity index is 1.24. The lowest BCUT2D eigenvalue weighted by Gasteiger charge is -2.34. The molecule has 36 heavy (non-hydrogen) atoms. The van der Waals surface area contributed by atoms with Crippen molar-refractivity contribution >= 4 is 40.7 Å². The highest BCUT2D eigenvalue weighted by Crippen LogP contribution is 2.34. The highest BCUT2D eigenvalue weighted by Gasteiger charge is 2.36. The summed E-state index contributed by atoms with van der Waals surface area (Å²) in [5.41, 5.74) is 1.94. The van der Waals surface area contributed by atoms with Crippen LogP contribution in [0.15, 0.2) is 36.5 Å². The molecule has 0 unspecified atom stereocenters. The van der Waals surface area contributed by atoms with E-state index in [1.807, 2.05) is 6.92 Å². The topological polar surface area (TPSA) is 105 Å². The van der Waals surface area contributed by atoms with Gasteiger partial charge in [-0.1, -0.05) is 18.5 Å². The Hall–Kier alpha value is -3.59. The van der Waals surface area contributed by atoms with E-state index < -0.39 is 5.60 Å². The van der Waals surface area contributed by atoms with E-state index in [-0.39, 0.29) is 23.8 Å². The van der Waals surface area contributed by atoms with Crippen LogP contribution in [0.3, 0.4) is 0 Å². The maximum atomic E-state index is 13.2. The summed E-state index contributed by atoms with van der Waals surface area (Å²) in [6, 6.07) is 8.55. The van der Waals surface area contributed by atoms with Crippen molar-refractivity contribution in [2.45, 2.75) is 51.7 Å². The number of halogens is 1. The van der Waals surface area contributed by atoms with Gasteiger partial charge in [0, 0.05) is 30.9 Å². The number of benzene rings is 1. The number of nitrogens with zero attached hydrogens (tertiary/aromatic N) is 3. The lowest BCUT2D eigenvalue weighted by Crippen LogP contribution is -2.47. The van der Waals surface area contributed by atoms with Crippen LogP contribution < -0.4 is 15.4 Å². The van der Waals surface area contributed by atoms with E-state index in [0.29, 0.717) is 65.7 Å². The standard InChI is InChI=1S/C26H28ClN5O4/c1-4-18-22(32-14-16(27)6-8-21(32)29-18)23(33)28-17-9-11-31(12-10-17)24(34)15-5-7-19-20(13-15)36-26(2,3)25(35)30-19/h5-8,13-14,17H,4,9-12H2,1-3H3,(H,28,33)(H,30,35). The number of pyridine rings is 1. The summed E-state index contributed by atoms with van der Waals surface area (Å²) < 4.78 is 7.55. The highest BCUT2D eigenvalue weighted by atomic mass is 35.5. The summed E-state index contributed by atoms with van der Waals surface area (Å²) in [4.78, 5) is 44.8. The Morgan fingerprint density at radius 3 is 2.69 bits per heavy atom. The maximum Gasteiger partial charge on any atom is 0.270 e. The minimum Gasteiger partial charge on any atom is -0.476 e. The molecule has 0 atom stereocenters. The van der Waals surface area contributed by atoms with Crippen LogP contribution in [0.1, 0.15) is 60.2 Å². The van der Waals surface area contributed by atoms with Crippen LogP contribution in [0, 0.1) is 0 Å². The van der Waals surface area contributed by atoms with Gasteiger partial charge in [-0.2, -0.15) is 0 Å². The molecule has 10 heteroatoms. The number of likely N-dealkylation sites (tertiary alicyclic amines) is 1. The minimum atomic E-state index is -1.00.